The van der Waals surface area contributed by atoms with Crippen molar-refractivity contribution in [2.24, 2.45) is 0 Å². The molecule has 0 aliphatic carbocycles. The summed E-state index contributed by atoms with van der Waals surface area (Å²) < 4.78 is 0. The number of hydrogen-bond acceptors (Lipinski definition) is 0. The molecule has 0 spiro atoms. The van der Waals surface area contributed by atoms with Gasteiger partial charge in [-0.3, -0.25) is 0 Å². The van der Waals surface area contributed by atoms with E-state index in [1.165, 1.54) is 0 Å². The standard InChI is InChI=1S/C4H8Cl.HI.Zn/c1-2-3-4-5;;/h1-4H2;1H;/p-1. The van der Waals surface area contributed by atoms with Crippen molar-refractivity contribution in [3.05, 3.63) is 6.92 Å². The van der Waals surface area contributed by atoms with Gasteiger partial charge in [0.25, 0.3) is 0 Å². The minimum Gasteiger partial charge on any atom is -1.00 e. The number of alkyl halides is 1. The van der Waals surface area contributed by atoms with Crippen LogP contribution in [-0.2, 0) is 19.5 Å². The van der Waals surface area contributed by atoms with Crippen LogP contribution in [0.5, 0.6) is 0 Å². The van der Waals surface area contributed by atoms with Gasteiger partial charge in [0.05, 0.1) is 0 Å². The van der Waals surface area contributed by atoms with E-state index >= 15 is 0 Å². The van der Waals surface area contributed by atoms with Crippen LogP contribution in [0.4, 0.5) is 0 Å². The van der Waals surface area contributed by atoms with Gasteiger partial charge in [-0.25, -0.2) is 0 Å². The third kappa shape index (κ3) is 18.3. The van der Waals surface area contributed by atoms with Crippen LogP contribution in [0.15, 0.2) is 0 Å². The number of halogens is 2. The maximum Gasteiger partial charge on any atom is 0.0223 e. The molecule has 0 unspecified atom stereocenters. The SMILES string of the molecule is [CH2]CCCCl.[I-].[Zn]. The largest absolute Gasteiger partial charge is 1.00 e. The second-order valence-electron chi connectivity index (χ2n) is 0.896. The minimum atomic E-state index is 0. The van der Waals surface area contributed by atoms with E-state index in [1.807, 2.05) is 0 Å². The fourth-order valence-electron chi connectivity index (χ4n) is 0.0945. The average Bonchev–Trinajstić information content (AvgIpc) is 1.41. The Bertz CT molecular complexity index is 19.2. The number of unbranched alkanes of at least 4 members (excludes halogenated alkanes) is 1. The van der Waals surface area contributed by atoms with Crippen LogP contribution < -0.4 is 24.0 Å². The number of rotatable bonds is 2. The van der Waals surface area contributed by atoms with Crippen molar-refractivity contribution < 1.29 is 43.5 Å². The molecule has 0 saturated heterocycles. The predicted octanol–water partition coefficient (Wildman–Crippen LogP) is -1.16. The molecule has 0 bridgehead atoms. The van der Waals surface area contributed by atoms with Crippen LogP contribution >= 0.6 is 11.6 Å². The van der Waals surface area contributed by atoms with Crippen LogP contribution in [0, 0.1) is 6.92 Å². The van der Waals surface area contributed by atoms with E-state index < -0.39 is 0 Å². The van der Waals surface area contributed by atoms with Crippen molar-refractivity contribution in [3.8, 4) is 0 Å². The van der Waals surface area contributed by atoms with Crippen molar-refractivity contribution >= 4 is 11.6 Å². The Morgan fingerprint density at radius 3 is 1.86 bits per heavy atom. The Labute approximate surface area is 80.2 Å². The summed E-state index contributed by atoms with van der Waals surface area (Å²) in [5.41, 5.74) is 0. The summed E-state index contributed by atoms with van der Waals surface area (Å²) >= 11 is 5.26. The van der Waals surface area contributed by atoms with E-state index in [9.17, 15) is 0 Å². The molecule has 0 atom stereocenters. The van der Waals surface area contributed by atoms with Crippen molar-refractivity contribution in [3.63, 3.8) is 0 Å². The zero-order valence-corrected chi connectivity index (χ0v) is 10.2. The molecule has 1 radical (unpaired) electrons. The molecule has 0 aliphatic rings. The zero-order valence-electron chi connectivity index (χ0n) is 4.29. The molecule has 0 saturated carbocycles. The van der Waals surface area contributed by atoms with Gasteiger partial charge in [-0.15, -0.1) is 11.6 Å². The summed E-state index contributed by atoms with van der Waals surface area (Å²) in [5.74, 6) is 0.753. The van der Waals surface area contributed by atoms with Gasteiger partial charge in [0.2, 0.25) is 0 Å². The molecule has 0 nitrogen and oxygen atoms in total. The molecular formula is C4H8ClIZn-. The average molecular weight is 284 g/mol. The van der Waals surface area contributed by atoms with Gasteiger partial charge in [0.1, 0.15) is 0 Å². The third-order valence-corrected chi connectivity index (χ3v) is 0.651. The molecule has 0 aromatic heterocycles. The van der Waals surface area contributed by atoms with E-state index in [2.05, 4.69) is 6.92 Å². The smallest absolute Gasteiger partial charge is 0.0223 e. The molecule has 3 heteroatoms. The van der Waals surface area contributed by atoms with Crippen molar-refractivity contribution in [2.45, 2.75) is 12.8 Å². The Balaban J connectivity index is -0.0000000800. The Morgan fingerprint density at radius 1 is 1.43 bits per heavy atom. The Morgan fingerprint density at radius 2 is 1.86 bits per heavy atom. The van der Waals surface area contributed by atoms with Gasteiger partial charge >= 0.3 is 0 Å². The summed E-state index contributed by atoms with van der Waals surface area (Å²) in [6.45, 7) is 3.59. The second-order valence-corrected chi connectivity index (χ2v) is 1.27. The first-order chi connectivity index (χ1) is 2.41. The molecule has 0 aromatic carbocycles. The topological polar surface area (TPSA) is 0 Å². The molecule has 0 N–H and O–H groups in total. The molecule has 41 valence electrons. The normalized spacial score (nSPS) is 6.00. The number of hydrogen-bond donors (Lipinski definition) is 0. The zero-order chi connectivity index (χ0) is 4.12. The summed E-state index contributed by atoms with van der Waals surface area (Å²) in [7, 11) is 0. The van der Waals surface area contributed by atoms with E-state index in [1.54, 1.807) is 0 Å². The van der Waals surface area contributed by atoms with E-state index in [4.69, 9.17) is 11.6 Å². The Hall–Kier alpha value is 1.64. The van der Waals surface area contributed by atoms with Crippen LogP contribution in [0.2, 0.25) is 0 Å². The van der Waals surface area contributed by atoms with Gasteiger partial charge in [-0.1, -0.05) is 13.3 Å². The first kappa shape index (κ1) is 15.9. The first-order valence-corrected chi connectivity index (χ1v) is 2.30. The Kier molecular flexibility index (Phi) is 35.4. The quantitative estimate of drug-likeness (QED) is 0.341. The molecular weight excluding hydrogens is 276 g/mol. The maximum atomic E-state index is 5.26. The molecule has 0 rings (SSSR count). The van der Waals surface area contributed by atoms with Crippen molar-refractivity contribution in [2.75, 3.05) is 5.88 Å². The van der Waals surface area contributed by atoms with Gasteiger partial charge in [0.15, 0.2) is 0 Å². The van der Waals surface area contributed by atoms with E-state index in [0.29, 0.717) is 0 Å². The molecule has 7 heavy (non-hydrogen) atoms. The fraction of sp³-hybridized carbons (Fsp3) is 0.750. The van der Waals surface area contributed by atoms with Gasteiger partial charge < -0.3 is 24.0 Å². The van der Waals surface area contributed by atoms with Crippen LogP contribution in [0.3, 0.4) is 0 Å². The van der Waals surface area contributed by atoms with Gasteiger partial charge in [0, 0.05) is 25.4 Å². The van der Waals surface area contributed by atoms with E-state index in [-0.39, 0.29) is 43.5 Å². The minimum absolute atomic E-state index is 0. The summed E-state index contributed by atoms with van der Waals surface area (Å²) in [4.78, 5) is 0. The van der Waals surface area contributed by atoms with Crippen LogP contribution in [0.1, 0.15) is 12.8 Å². The van der Waals surface area contributed by atoms with Crippen molar-refractivity contribution in [1.29, 1.82) is 0 Å². The maximum absolute atomic E-state index is 5.26. The summed E-state index contributed by atoms with van der Waals surface area (Å²) in [5, 5.41) is 0. The van der Waals surface area contributed by atoms with Gasteiger partial charge in [-0.2, -0.15) is 0 Å². The first-order valence-electron chi connectivity index (χ1n) is 1.77. The summed E-state index contributed by atoms with van der Waals surface area (Å²) in [6, 6.07) is 0. The van der Waals surface area contributed by atoms with E-state index in [0.717, 1.165) is 18.7 Å². The summed E-state index contributed by atoms with van der Waals surface area (Å²) in [6.07, 6.45) is 2.01. The van der Waals surface area contributed by atoms with Crippen molar-refractivity contribution in [1.82, 2.24) is 0 Å². The molecule has 0 heterocycles. The molecule has 0 amide bonds. The second kappa shape index (κ2) is 15.6. The predicted molar refractivity (Wildman–Crippen MR) is 25.3 cm³/mol. The van der Waals surface area contributed by atoms with Crippen LogP contribution in [0.25, 0.3) is 0 Å². The van der Waals surface area contributed by atoms with Gasteiger partial charge in [-0.05, 0) is 6.42 Å². The monoisotopic (exact) mass is 282 g/mol. The molecule has 0 aliphatic heterocycles. The fourth-order valence-corrected chi connectivity index (χ4v) is 0.283. The molecule has 0 aromatic rings. The van der Waals surface area contributed by atoms with Crippen LogP contribution in [-0.4, -0.2) is 5.88 Å². The third-order valence-electron chi connectivity index (χ3n) is 0.384. The molecule has 0 fully saturated rings.